The van der Waals surface area contributed by atoms with Crippen molar-refractivity contribution >= 4 is 61.6 Å². The van der Waals surface area contributed by atoms with E-state index in [-0.39, 0.29) is 92.3 Å². The molecule has 5 N–H and O–H groups in total. The Bertz CT molecular complexity index is 2320. The molecule has 0 radical (unpaired) electrons. The Morgan fingerprint density at radius 2 is 1.14 bits per heavy atom. The molecule has 14 nitrogen and oxygen atoms in total. The fraction of sp³-hybridized carbons (Fsp3) is 0.0882. The van der Waals surface area contributed by atoms with Crippen LogP contribution in [0.3, 0.4) is 0 Å². The molecule has 0 aliphatic rings. The zero-order chi connectivity index (χ0) is 35.5. The fourth-order valence-corrected chi connectivity index (χ4v) is 5.12. The Morgan fingerprint density at radius 1 is 0.627 bits per heavy atom. The minimum Gasteiger partial charge on any atom is -0.744 e. The zero-order valence-electron chi connectivity index (χ0n) is 28.3. The molecule has 0 heterocycles. The van der Waals surface area contributed by atoms with Gasteiger partial charge in [0.2, 0.25) is 0 Å². The van der Waals surface area contributed by atoms with Gasteiger partial charge in [-0.3, -0.25) is 0 Å². The standard InChI is InChI=1S/C34H30N8O6S.2Na/c1-18-14-21(4-11-27(18)39-38-24-8-13-30(43)26(17-24)34(44)45)22-5-12-28(19(2)15-22)40-42-33-31(35)20(3)16-29(32(33)36)41-37-23-6-9-25(10-7-23)49(46,47)48;;/h4-17,43H,35-36H2,1-3H3,(H,44,45)(H,46,47,48);;/q;2*+1/p-2. The summed E-state index contributed by atoms with van der Waals surface area (Å²) in [5, 5.41) is 46.2. The Labute approximate surface area is 337 Å². The Balaban J connectivity index is 0.00000351. The first-order valence-electron chi connectivity index (χ1n) is 14.5. The molecule has 51 heavy (non-hydrogen) atoms. The number of nitrogen functional groups attached to an aromatic ring is 2. The summed E-state index contributed by atoms with van der Waals surface area (Å²) < 4.78 is 33.5. The third kappa shape index (κ3) is 9.93. The molecule has 248 valence electrons. The number of aromatic carboxylic acids is 1. The van der Waals surface area contributed by atoms with Gasteiger partial charge in [-0.05, 0) is 121 Å². The largest absolute Gasteiger partial charge is 1.00 e. The molecule has 0 saturated carbocycles. The Morgan fingerprint density at radius 3 is 1.67 bits per heavy atom. The summed E-state index contributed by atoms with van der Waals surface area (Å²) in [6.07, 6.45) is 0. The van der Waals surface area contributed by atoms with Crippen molar-refractivity contribution in [1.82, 2.24) is 0 Å². The van der Waals surface area contributed by atoms with Gasteiger partial charge in [0.1, 0.15) is 27.2 Å². The number of hydrogen-bond donors (Lipinski definition) is 3. The summed E-state index contributed by atoms with van der Waals surface area (Å²) in [7, 11) is -4.58. The predicted octanol–water partition coefficient (Wildman–Crippen LogP) is 1.67. The van der Waals surface area contributed by atoms with Crippen LogP contribution in [0.5, 0.6) is 5.75 Å². The van der Waals surface area contributed by atoms with Crippen molar-refractivity contribution in [2.45, 2.75) is 25.7 Å². The number of carbonyl (C=O) groups is 1. The maximum Gasteiger partial charge on any atom is 1.00 e. The van der Waals surface area contributed by atoms with Crippen molar-refractivity contribution < 1.29 is 87.1 Å². The van der Waals surface area contributed by atoms with E-state index in [1.54, 1.807) is 19.1 Å². The van der Waals surface area contributed by atoms with Crippen LogP contribution in [0.1, 0.15) is 27.0 Å². The maximum atomic E-state index is 11.2. The number of rotatable bonds is 9. The summed E-state index contributed by atoms with van der Waals surface area (Å²) in [6, 6.07) is 21.7. The van der Waals surface area contributed by atoms with Crippen molar-refractivity contribution in [2.75, 3.05) is 11.5 Å². The van der Waals surface area contributed by atoms with Crippen LogP contribution in [0.25, 0.3) is 11.1 Å². The number of hydrogen-bond acceptors (Lipinski definition) is 14. The Kier molecular flexibility index (Phi) is 13.9. The molecule has 5 rings (SSSR count). The average molecular weight is 723 g/mol. The van der Waals surface area contributed by atoms with Gasteiger partial charge in [-0.25, -0.2) is 8.42 Å². The van der Waals surface area contributed by atoms with Gasteiger partial charge in [0, 0.05) is 5.56 Å². The van der Waals surface area contributed by atoms with Crippen LogP contribution in [-0.4, -0.2) is 24.0 Å². The third-order valence-electron chi connectivity index (χ3n) is 7.42. The van der Waals surface area contributed by atoms with Gasteiger partial charge < -0.3 is 31.0 Å². The summed E-state index contributed by atoms with van der Waals surface area (Å²) >= 11 is 0. The molecular weight excluding hydrogens is 694 g/mol. The summed E-state index contributed by atoms with van der Waals surface area (Å²) in [4.78, 5) is 10.8. The first kappa shape index (κ1) is 41.1. The molecule has 0 aromatic heterocycles. The molecule has 5 aromatic carbocycles. The van der Waals surface area contributed by atoms with Crippen LogP contribution < -0.4 is 75.7 Å². The topological polar surface area (TPSA) is 244 Å². The van der Waals surface area contributed by atoms with Crippen LogP contribution in [-0.2, 0) is 10.1 Å². The second-order valence-electron chi connectivity index (χ2n) is 10.9. The van der Waals surface area contributed by atoms with Crippen molar-refractivity contribution in [2.24, 2.45) is 30.7 Å². The van der Waals surface area contributed by atoms with E-state index in [0.717, 1.165) is 34.4 Å². The molecule has 0 aliphatic carbocycles. The first-order valence-corrected chi connectivity index (χ1v) is 15.9. The van der Waals surface area contributed by atoms with E-state index >= 15 is 0 Å². The number of carbonyl (C=O) groups excluding carboxylic acids is 1. The number of nitrogens with two attached hydrogens (primary N) is 2. The SMILES string of the molecule is Cc1cc(-c2ccc(N=Nc3c(N)c(C)cc(N=Nc4ccc(S(=O)(=O)[O-])cc4)c3N)c(C)c2)ccc1N=Nc1ccc(O)c(C(=O)[O-])c1.[Na+].[Na+]. The van der Waals surface area contributed by atoms with Gasteiger partial charge in [0.25, 0.3) is 0 Å². The second-order valence-corrected chi connectivity index (χ2v) is 12.3. The van der Waals surface area contributed by atoms with E-state index in [0.29, 0.717) is 28.3 Å². The molecule has 5 aromatic rings. The second kappa shape index (κ2) is 17.3. The minimum absolute atomic E-state index is 0. The fourth-order valence-electron chi connectivity index (χ4n) is 4.65. The molecule has 0 bridgehead atoms. The predicted molar refractivity (Wildman–Crippen MR) is 181 cm³/mol. The van der Waals surface area contributed by atoms with Gasteiger partial charge >= 0.3 is 59.1 Å². The molecule has 0 amide bonds. The van der Waals surface area contributed by atoms with Crippen molar-refractivity contribution in [3.8, 4) is 16.9 Å². The van der Waals surface area contributed by atoms with Crippen molar-refractivity contribution in [3.63, 3.8) is 0 Å². The van der Waals surface area contributed by atoms with E-state index in [4.69, 9.17) is 11.5 Å². The monoisotopic (exact) mass is 722 g/mol. The molecule has 17 heteroatoms. The molecule has 0 unspecified atom stereocenters. The van der Waals surface area contributed by atoms with Gasteiger partial charge in [-0.1, -0.05) is 12.1 Å². The van der Waals surface area contributed by atoms with Gasteiger partial charge in [0.05, 0.1) is 45.0 Å². The zero-order valence-corrected chi connectivity index (χ0v) is 33.1. The molecular formula is C34H28N8Na2O6S. The van der Waals surface area contributed by atoms with Crippen LogP contribution in [0.15, 0.2) is 121 Å². The number of benzene rings is 5. The van der Waals surface area contributed by atoms with E-state index < -0.39 is 21.8 Å². The van der Waals surface area contributed by atoms with E-state index in [9.17, 15) is 28.0 Å². The van der Waals surface area contributed by atoms with Crippen LogP contribution in [0, 0.1) is 20.8 Å². The molecule has 0 saturated heterocycles. The molecule has 0 fully saturated rings. The smallest absolute Gasteiger partial charge is 0.744 e. The van der Waals surface area contributed by atoms with Gasteiger partial charge in [-0.2, -0.15) is 20.5 Å². The number of aryl methyl sites for hydroxylation is 3. The Hall–Kier alpha value is -4.32. The number of carboxylic acids is 1. The molecule has 0 aliphatic heterocycles. The van der Waals surface area contributed by atoms with Crippen molar-refractivity contribution in [1.29, 1.82) is 0 Å². The number of nitrogens with zero attached hydrogens (tertiary/aromatic N) is 6. The van der Waals surface area contributed by atoms with E-state index in [2.05, 4.69) is 30.7 Å². The van der Waals surface area contributed by atoms with Gasteiger partial charge in [0.15, 0.2) is 0 Å². The third-order valence-corrected chi connectivity index (χ3v) is 8.27. The van der Waals surface area contributed by atoms with E-state index in [1.165, 1.54) is 30.3 Å². The van der Waals surface area contributed by atoms with E-state index in [1.807, 2.05) is 44.2 Å². The number of aromatic hydroxyl groups is 1. The first-order chi connectivity index (χ1) is 23.2. The van der Waals surface area contributed by atoms with Crippen LogP contribution in [0.2, 0.25) is 0 Å². The quantitative estimate of drug-likeness (QED) is 0.0872. The number of phenols is 1. The number of carboxylic acid groups (broad SMARTS) is 1. The molecule has 0 spiro atoms. The maximum absolute atomic E-state index is 11.2. The number of anilines is 2. The summed E-state index contributed by atoms with van der Waals surface area (Å²) in [5.74, 6) is -1.93. The molecule has 0 atom stereocenters. The normalized spacial score (nSPS) is 11.5. The van der Waals surface area contributed by atoms with Crippen LogP contribution >= 0.6 is 0 Å². The average Bonchev–Trinajstić information content (AvgIpc) is 3.06. The van der Waals surface area contributed by atoms with Crippen LogP contribution in [0.4, 0.5) is 45.5 Å². The summed E-state index contributed by atoms with van der Waals surface area (Å²) in [6.45, 7) is 5.52. The number of azo groups is 3. The summed E-state index contributed by atoms with van der Waals surface area (Å²) in [5.41, 5.74) is 19.0. The minimum atomic E-state index is -4.58. The van der Waals surface area contributed by atoms with Gasteiger partial charge in [-0.15, -0.1) is 10.2 Å². The van der Waals surface area contributed by atoms with Crippen molar-refractivity contribution in [3.05, 3.63) is 107 Å².